The first kappa shape index (κ1) is 17.5. The number of carbonyl (C=O) groups is 1. The van der Waals surface area contributed by atoms with Crippen LogP contribution in [0.15, 0.2) is 54.9 Å². The summed E-state index contributed by atoms with van der Waals surface area (Å²) in [5, 5.41) is 6.19. The lowest BCUT2D eigenvalue weighted by molar-refractivity contribution is -0.117. The van der Waals surface area contributed by atoms with Crippen molar-refractivity contribution in [1.82, 2.24) is 14.7 Å². The highest BCUT2D eigenvalue weighted by Gasteiger charge is 2.17. The molecule has 1 aliphatic rings. The van der Waals surface area contributed by atoms with Crippen molar-refractivity contribution in [2.75, 3.05) is 25.1 Å². The predicted octanol–water partition coefficient (Wildman–Crippen LogP) is 2.23. The lowest BCUT2D eigenvalue weighted by Crippen LogP contribution is -2.43. The van der Waals surface area contributed by atoms with Crippen molar-refractivity contribution >= 4 is 17.2 Å². The summed E-state index contributed by atoms with van der Waals surface area (Å²) in [6, 6.07) is 13.3. The zero-order chi connectivity index (χ0) is 18.5. The first-order valence-electron chi connectivity index (χ1n) is 9.03. The fourth-order valence-electron chi connectivity index (χ4n) is 3.06. The van der Waals surface area contributed by atoms with Crippen LogP contribution < -0.4 is 15.4 Å². The summed E-state index contributed by atoms with van der Waals surface area (Å²) in [5.41, 5.74) is 2.45. The highest BCUT2D eigenvalue weighted by Crippen LogP contribution is 2.19. The van der Waals surface area contributed by atoms with Crippen LogP contribution >= 0.6 is 0 Å². The van der Waals surface area contributed by atoms with E-state index in [9.17, 15) is 4.79 Å². The Hall–Kier alpha value is -2.90. The number of benzene rings is 1. The Morgan fingerprint density at radius 3 is 3.15 bits per heavy atom. The molecule has 1 atom stereocenters. The van der Waals surface area contributed by atoms with Crippen molar-refractivity contribution in [3.8, 4) is 5.75 Å². The fraction of sp³-hybridized carbons (Fsp3) is 0.300. The van der Waals surface area contributed by atoms with E-state index in [4.69, 9.17) is 9.47 Å². The summed E-state index contributed by atoms with van der Waals surface area (Å²) < 4.78 is 13.2. The summed E-state index contributed by atoms with van der Waals surface area (Å²) in [7, 11) is 0. The maximum atomic E-state index is 12.2. The first-order chi connectivity index (χ1) is 13.3. The van der Waals surface area contributed by atoms with Gasteiger partial charge >= 0.3 is 0 Å². The number of rotatable bonds is 6. The van der Waals surface area contributed by atoms with E-state index in [-0.39, 0.29) is 11.9 Å². The summed E-state index contributed by atoms with van der Waals surface area (Å²) in [6.45, 7) is 2.41. The van der Waals surface area contributed by atoms with Gasteiger partial charge in [-0.25, -0.2) is 4.98 Å². The quantitative estimate of drug-likeness (QED) is 0.700. The van der Waals surface area contributed by atoms with Gasteiger partial charge < -0.3 is 24.5 Å². The van der Waals surface area contributed by atoms with Gasteiger partial charge in [0, 0.05) is 43.2 Å². The molecule has 0 saturated carbocycles. The molecule has 0 spiro atoms. The molecule has 7 nitrogen and oxygen atoms in total. The molecule has 0 bridgehead atoms. The van der Waals surface area contributed by atoms with E-state index in [2.05, 4.69) is 15.6 Å². The molecule has 1 saturated heterocycles. The van der Waals surface area contributed by atoms with Crippen LogP contribution in [0, 0.1) is 0 Å². The van der Waals surface area contributed by atoms with E-state index in [0.29, 0.717) is 37.7 Å². The van der Waals surface area contributed by atoms with Crippen molar-refractivity contribution in [3.63, 3.8) is 0 Å². The number of anilines is 1. The zero-order valence-corrected chi connectivity index (χ0v) is 14.9. The molecule has 1 aliphatic heterocycles. The van der Waals surface area contributed by atoms with E-state index in [1.807, 2.05) is 59.3 Å². The first-order valence-corrected chi connectivity index (χ1v) is 9.03. The number of carbonyl (C=O) groups excluding carboxylic acids is 1. The van der Waals surface area contributed by atoms with E-state index in [1.54, 1.807) is 0 Å². The lowest BCUT2D eigenvalue weighted by Gasteiger charge is -2.23. The normalized spacial score (nSPS) is 17.0. The number of hydrogen-bond acceptors (Lipinski definition) is 5. The van der Waals surface area contributed by atoms with Crippen LogP contribution in [-0.4, -0.2) is 41.1 Å². The Morgan fingerprint density at radius 1 is 1.33 bits per heavy atom. The number of ether oxygens (including phenoxy) is 2. The van der Waals surface area contributed by atoms with E-state index < -0.39 is 0 Å². The van der Waals surface area contributed by atoms with Gasteiger partial charge in [0.25, 0.3) is 0 Å². The number of hydrogen-bond donors (Lipinski definition) is 2. The highest BCUT2D eigenvalue weighted by atomic mass is 16.5. The molecule has 1 aromatic carbocycles. The molecular formula is C20H22N4O3. The van der Waals surface area contributed by atoms with Crippen molar-refractivity contribution in [2.45, 2.75) is 19.1 Å². The fourth-order valence-corrected chi connectivity index (χ4v) is 3.06. The summed E-state index contributed by atoms with van der Waals surface area (Å²) in [6.07, 6.45) is 4.28. The number of imidazole rings is 1. The molecule has 27 heavy (non-hydrogen) atoms. The molecular weight excluding hydrogens is 344 g/mol. The summed E-state index contributed by atoms with van der Waals surface area (Å²) >= 11 is 0. The van der Waals surface area contributed by atoms with Crippen LogP contribution in [0.5, 0.6) is 5.75 Å². The third-order valence-electron chi connectivity index (χ3n) is 4.35. The van der Waals surface area contributed by atoms with Crippen LogP contribution in [0.3, 0.4) is 0 Å². The van der Waals surface area contributed by atoms with Gasteiger partial charge in [-0.1, -0.05) is 12.1 Å². The maximum absolute atomic E-state index is 12.2. The third kappa shape index (κ3) is 4.64. The Kier molecular flexibility index (Phi) is 5.32. The molecule has 3 aromatic rings. The molecule has 0 aliphatic carbocycles. The second kappa shape index (κ2) is 8.20. The van der Waals surface area contributed by atoms with Gasteiger partial charge in [-0.3, -0.25) is 4.79 Å². The number of morpholine rings is 1. The summed E-state index contributed by atoms with van der Waals surface area (Å²) in [4.78, 5) is 16.7. The van der Waals surface area contributed by atoms with Crippen molar-refractivity contribution in [2.24, 2.45) is 0 Å². The molecule has 1 fully saturated rings. The second-order valence-electron chi connectivity index (χ2n) is 6.49. The van der Waals surface area contributed by atoms with Crippen molar-refractivity contribution in [3.05, 3.63) is 60.6 Å². The number of nitrogens with one attached hydrogen (secondary N) is 2. The molecule has 2 aromatic heterocycles. The Bertz CT molecular complexity index is 885. The molecule has 3 heterocycles. The molecule has 1 unspecified atom stereocenters. The average Bonchev–Trinajstić information content (AvgIpc) is 3.10. The van der Waals surface area contributed by atoms with Crippen LogP contribution in [0.1, 0.15) is 12.1 Å². The van der Waals surface area contributed by atoms with Gasteiger partial charge in [0.05, 0.1) is 18.9 Å². The Labute approximate surface area is 157 Å². The highest BCUT2D eigenvalue weighted by molar-refractivity contribution is 5.91. The number of aromatic nitrogens is 2. The standard InChI is InChI=1S/C20H22N4O3/c25-20(11-16-13-26-9-7-21-16)23-15-4-3-5-18(10-15)27-14-17-12-24-8-2-1-6-19(24)22-17/h1-6,8,10,12,16,21H,7,9,11,13-14H2,(H,23,25). The Morgan fingerprint density at radius 2 is 2.30 bits per heavy atom. The molecule has 4 rings (SSSR count). The van der Waals surface area contributed by atoms with Gasteiger partial charge in [0.1, 0.15) is 18.0 Å². The third-order valence-corrected chi connectivity index (χ3v) is 4.35. The van der Waals surface area contributed by atoms with Crippen LogP contribution in [-0.2, 0) is 16.1 Å². The van der Waals surface area contributed by atoms with Crippen LogP contribution in [0.4, 0.5) is 5.69 Å². The average molecular weight is 366 g/mol. The monoisotopic (exact) mass is 366 g/mol. The van der Waals surface area contributed by atoms with Crippen LogP contribution in [0.2, 0.25) is 0 Å². The second-order valence-corrected chi connectivity index (χ2v) is 6.49. The number of pyridine rings is 1. The molecule has 0 radical (unpaired) electrons. The Balaban J connectivity index is 1.33. The van der Waals surface area contributed by atoms with Gasteiger partial charge in [0.15, 0.2) is 0 Å². The molecule has 1 amide bonds. The maximum Gasteiger partial charge on any atom is 0.226 e. The topological polar surface area (TPSA) is 76.9 Å². The minimum atomic E-state index is -0.0458. The van der Waals surface area contributed by atoms with E-state index in [0.717, 1.165) is 17.9 Å². The predicted molar refractivity (Wildman–Crippen MR) is 102 cm³/mol. The largest absolute Gasteiger partial charge is 0.487 e. The zero-order valence-electron chi connectivity index (χ0n) is 14.9. The van der Waals surface area contributed by atoms with Gasteiger partial charge in [-0.05, 0) is 24.3 Å². The molecule has 140 valence electrons. The van der Waals surface area contributed by atoms with Crippen LogP contribution in [0.25, 0.3) is 5.65 Å². The van der Waals surface area contributed by atoms with Gasteiger partial charge in [-0.15, -0.1) is 0 Å². The summed E-state index contributed by atoms with van der Waals surface area (Å²) in [5.74, 6) is 0.638. The van der Waals surface area contributed by atoms with Gasteiger partial charge in [-0.2, -0.15) is 0 Å². The number of nitrogens with zero attached hydrogens (tertiary/aromatic N) is 2. The van der Waals surface area contributed by atoms with Crippen molar-refractivity contribution < 1.29 is 14.3 Å². The van der Waals surface area contributed by atoms with Crippen molar-refractivity contribution in [1.29, 1.82) is 0 Å². The molecule has 2 N–H and O–H groups in total. The number of amides is 1. The smallest absolute Gasteiger partial charge is 0.226 e. The SMILES string of the molecule is O=C(CC1COCCN1)Nc1cccc(OCc2cn3ccccc3n2)c1. The van der Waals surface area contributed by atoms with E-state index in [1.165, 1.54) is 0 Å². The number of fused-ring (bicyclic) bond motifs is 1. The van der Waals surface area contributed by atoms with Gasteiger partial charge in [0.2, 0.25) is 5.91 Å². The minimum absolute atomic E-state index is 0.0458. The minimum Gasteiger partial charge on any atom is -0.487 e. The lowest BCUT2D eigenvalue weighted by atomic mass is 10.2. The van der Waals surface area contributed by atoms with E-state index >= 15 is 0 Å². The molecule has 7 heteroatoms.